The number of hydrogen-bond donors (Lipinski definition) is 0. The van der Waals surface area contributed by atoms with Crippen LogP contribution in [0.4, 0.5) is 0 Å². The van der Waals surface area contributed by atoms with E-state index in [1.165, 1.54) is 31.2 Å². The first-order valence-electron chi connectivity index (χ1n) is 6.50. The summed E-state index contributed by atoms with van der Waals surface area (Å²) in [6, 6.07) is 8.39. The average molecular weight is 299 g/mol. The van der Waals surface area contributed by atoms with Crippen LogP contribution in [0.5, 0.6) is 5.75 Å². The van der Waals surface area contributed by atoms with E-state index >= 15 is 0 Å². The van der Waals surface area contributed by atoms with Crippen molar-refractivity contribution in [3.05, 3.63) is 29.8 Å². The normalized spacial score (nSPS) is 14.4. The summed E-state index contributed by atoms with van der Waals surface area (Å²) in [5.41, 5.74) is 1.36. The van der Waals surface area contributed by atoms with Gasteiger partial charge in [-0.15, -0.1) is 0 Å². The molecule has 0 aliphatic rings. The van der Waals surface area contributed by atoms with Gasteiger partial charge < -0.3 is 4.74 Å². The van der Waals surface area contributed by atoms with E-state index in [0.717, 1.165) is 11.7 Å². The first-order valence-corrected chi connectivity index (χ1v) is 7.42. The molecule has 96 valence electrons. The molecule has 1 nitrogen and oxygen atoms in total. The summed E-state index contributed by atoms with van der Waals surface area (Å²) in [4.78, 5) is 0.463. The van der Waals surface area contributed by atoms with Crippen LogP contribution in [0, 0.1) is 5.92 Å². The van der Waals surface area contributed by atoms with Crippen molar-refractivity contribution in [1.82, 2.24) is 0 Å². The zero-order valence-electron chi connectivity index (χ0n) is 11.1. The molecule has 0 amide bonds. The average Bonchev–Trinajstić information content (AvgIpc) is 2.39. The summed E-state index contributed by atoms with van der Waals surface area (Å²) < 4.78 is 5.19. The van der Waals surface area contributed by atoms with E-state index in [0.29, 0.717) is 4.83 Å². The van der Waals surface area contributed by atoms with E-state index in [9.17, 15) is 0 Å². The predicted molar refractivity (Wildman–Crippen MR) is 78.0 cm³/mol. The van der Waals surface area contributed by atoms with Crippen LogP contribution in [0.15, 0.2) is 24.3 Å². The minimum Gasteiger partial charge on any atom is -0.497 e. The Bertz CT molecular complexity index is 307. The van der Waals surface area contributed by atoms with Gasteiger partial charge in [-0.05, 0) is 30.0 Å². The molecule has 2 heteroatoms. The summed E-state index contributed by atoms with van der Waals surface area (Å²) in [7, 11) is 1.71. The summed E-state index contributed by atoms with van der Waals surface area (Å²) in [6.45, 7) is 4.53. The van der Waals surface area contributed by atoms with Crippen molar-refractivity contribution in [2.75, 3.05) is 7.11 Å². The number of alkyl halides is 1. The highest BCUT2D eigenvalue weighted by Gasteiger charge is 2.18. The molecule has 0 fully saturated rings. The smallest absolute Gasteiger partial charge is 0.118 e. The van der Waals surface area contributed by atoms with Crippen molar-refractivity contribution in [3.8, 4) is 5.75 Å². The molecule has 17 heavy (non-hydrogen) atoms. The zero-order chi connectivity index (χ0) is 12.7. The number of hydrogen-bond acceptors (Lipinski definition) is 1. The van der Waals surface area contributed by atoms with Crippen LogP contribution in [0.1, 0.15) is 49.9 Å². The Balaban J connectivity index is 2.67. The Morgan fingerprint density at radius 3 is 2.29 bits per heavy atom. The van der Waals surface area contributed by atoms with E-state index in [4.69, 9.17) is 4.74 Å². The number of benzene rings is 1. The third-order valence-corrected chi connectivity index (χ3v) is 4.58. The SMILES string of the molecule is CCCCC(CC)C(Br)c1ccc(OC)cc1. The van der Waals surface area contributed by atoms with Crippen LogP contribution in [0.2, 0.25) is 0 Å². The summed E-state index contributed by atoms with van der Waals surface area (Å²) >= 11 is 3.85. The van der Waals surface area contributed by atoms with Crippen molar-refractivity contribution in [3.63, 3.8) is 0 Å². The van der Waals surface area contributed by atoms with Gasteiger partial charge in [-0.1, -0.05) is 61.2 Å². The Hall–Kier alpha value is -0.500. The molecule has 0 bridgehead atoms. The number of ether oxygens (including phenoxy) is 1. The molecule has 1 rings (SSSR count). The van der Waals surface area contributed by atoms with Crippen LogP contribution < -0.4 is 4.74 Å². The van der Waals surface area contributed by atoms with Gasteiger partial charge in [0, 0.05) is 4.83 Å². The van der Waals surface area contributed by atoms with E-state index < -0.39 is 0 Å². The number of methoxy groups -OCH3 is 1. The van der Waals surface area contributed by atoms with Gasteiger partial charge in [-0.3, -0.25) is 0 Å². The van der Waals surface area contributed by atoms with Crippen molar-refractivity contribution < 1.29 is 4.74 Å². The van der Waals surface area contributed by atoms with Gasteiger partial charge in [0.2, 0.25) is 0 Å². The minimum absolute atomic E-state index is 0.463. The highest BCUT2D eigenvalue weighted by molar-refractivity contribution is 9.09. The first-order chi connectivity index (χ1) is 8.22. The fourth-order valence-corrected chi connectivity index (χ4v) is 3.03. The number of unbranched alkanes of at least 4 members (excludes halogenated alkanes) is 1. The monoisotopic (exact) mass is 298 g/mol. The maximum absolute atomic E-state index is 5.19. The molecule has 0 saturated carbocycles. The minimum atomic E-state index is 0.463. The molecule has 0 aliphatic carbocycles. The quantitative estimate of drug-likeness (QED) is 0.617. The van der Waals surface area contributed by atoms with Crippen LogP contribution in [-0.4, -0.2) is 7.11 Å². The number of rotatable bonds is 7. The molecule has 0 saturated heterocycles. The third-order valence-electron chi connectivity index (χ3n) is 3.30. The van der Waals surface area contributed by atoms with Gasteiger partial charge in [-0.2, -0.15) is 0 Å². The van der Waals surface area contributed by atoms with Gasteiger partial charge in [-0.25, -0.2) is 0 Å². The lowest BCUT2D eigenvalue weighted by Crippen LogP contribution is -2.06. The molecule has 0 N–H and O–H groups in total. The lowest BCUT2D eigenvalue weighted by Gasteiger charge is -2.21. The van der Waals surface area contributed by atoms with Crippen molar-refractivity contribution in [2.24, 2.45) is 5.92 Å². The first kappa shape index (κ1) is 14.6. The molecular weight excluding hydrogens is 276 g/mol. The molecule has 0 spiro atoms. The van der Waals surface area contributed by atoms with Crippen LogP contribution >= 0.6 is 15.9 Å². The predicted octanol–water partition coefficient (Wildman–Crippen LogP) is 5.35. The molecule has 0 aliphatic heterocycles. The molecule has 1 aromatic rings. The second kappa shape index (κ2) is 7.75. The van der Waals surface area contributed by atoms with Gasteiger partial charge in [0.05, 0.1) is 7.11 Å². The second-order valence-electron chi connectivity index (χ2n) is 4.49. The molecule has 0 heterocycles. The summed E-state index contributed by atoms with van der Waals surface area (Å²) in [5.74, 6) is 1.65. The standard InChI is InChI=1S/C15H23BrO/c1-4-6-7-12(5-2)15(16)13-8-10-14(17-3)11-9-13/h8-12,15H,4-7H2,1-3H3. The Kier molecular flexibility index (Phi) is 6.64. The molecule has 0 aromatic heterocycles. The maximum Gasteiger partial charge on any atom is 0.118 e. The lowest BCUT2D eigenvalue weighted by molar-refractivity contribution is 0.414. The fourth-order valence-electron chi connectivity index (χ4n) is 2.08. The zero-order valence-corrected chi connectivity index (χ0v) is 12.7. The maximum atomic E-state index is 5.19. The summed E-state index contributed by atoms with van der Waals surface area (Å²) in [6.07, 6.45) is 5.12. The second-order valence-corrected chi connectivity index (χ2v) is 5.47. The molecule has 0 radical (unpaired) electrons. The van der Waals surface area contributed by atoms with Crippen molar-refractivity contribution in [1.29, 1.82) is 0 Å². The van der Waals surface area contributed by atoms with Crippen LogP contribution in [0.3, 0.4) is 0 Å². The van der Waals surface area contributed by atoms with Crippen molar-refractivity contribution >= 4 is 15.9 Å². The van der Waals surface area contributed by atoms with Gasteiger partial charge in [0.25, 0.3) is 0 Å². The summed E-state index contributed by atoms with van der Waals surface area (Å²) in [5, 5.41) is 0. The third kappa shape index (κ3) is 4.34. The van der Waals surface area contributed by atoms with Crippen LogP contribution in [0.25, 0.3) is 0 Å². The van der Waals surface area contributed by atoms with E-state index in [1.807, 2.05) is 12.1 Å². The molecule has 1 aromatic carbocycles. The van der Waals surface area contributed by atoms with Gasteiger partial charge >= 0.3 is 0 Å². The largest absolute Gasteiger partial charge is 0.497 e. The fraction of sp³-hybridized carbons (Fsp3) is 0.600. The highest BCUT2D eigenvalue weighted by Crippen LogP contribution is 2.36. The number of halogens is 1. The van der Waals surface area contributed by atoms with Gasteiger partial charge in [0.1, 0.15) is 5.75 Å². The van der Waals surface area contributed by atoms with E-state index in [1.54, 1.807) is 7.11 Å². The van der Waals surface area contributed by atoms with Crippen LogP contribution in [-0.2, 0) is 0 Å². The Morgan fingerprint density at radius 1 is 1.18 bits per heavy atom. The van der Waals surface area contributed by atoms with E-state index in [-0.39, 0.29) is 0 Å². The topological polar surface area (TPSA) is 9.23 Å². The molecule has 2 atom stereocenters. The van der Waals surface area contributed by atoms with Crippen molar-refractivity contribution in [2.45, 2.75) is 44.4 Å². The Morgan fingerprint density at radius 2 is 1.82 bits per heavy atom. The molecule has 2 unspecified atom stereocenters. The van der Waals surface area contributed by atoms with E-state index in [2.05, 4.69) is 41.9 Å². The van der Waals surface area contributed by atoms with Gasteiger partial charge in [0.15, 0.2) is 0 Å². The lowest BCUT2D eigenvalue weighted by atomic mass is 9.92. The Labute approximate surface area is 114 Å². The molecular formula is C15H23BrO. The highest BCUT2D eigenvalue weighted by atomic mass is 79.9.